The van der Waals surface area contributed by atoms with Crippen LogP contribution in [0.2, 0.25) is 0 Å². The summed E-state index contributed by atoms with van der Waals surface area (Å²) in [5, 5.41) is 0. The van der Waals surface area contributed by atoms with Crippen molar-refractivity contribution in [2.45, 2.75) is 71.1 Å². The van der Waals surface area contributed by atoms with Crippen molar-refractivity contribution in [2.24, 2.45) is 5.92 Å². The molecule has 0 saturated carbocycles. The van der Waals surface area contributed by atoms with Gasteiger partial charge in [-0.3, -0.25) is 4.18 Å². The Balaban J connectivity index is 3.12. The molecule has 0 aromatic heterocycles. The summed E-state index contributed by atoms with van der Waals surface area (Å²) in [5.41, 5.74) is 0. The van der Waals surface area contributed by atoms with Crippen LogP contribution in [0, 0.1) is 5.92 Å². The van der Waals surface area contributed by atoms with Gasteiger partial charge in [0.05, 0.1) is 12.9 Å². The average Bonchev–Trinajstić information content (AvgIpc) is 2.38. The van der Waals surface area contributed by atoms with Gasteiger partial charge >= 0.3 is 0 Å². The van der Waals surface area contributed by atoms with Gasteiger partial charge in [-0.25, -0.2) is 0 Å². The van der Waals surface area contributed by atoms with Crippen LogP contribution in [-0.2, 0) is 19.1 Å². The highest BCUT2D eigenvalue weighted by molar-refractivity contribution is 7.85. The van der Waals surface area contributed by atoms with Crippen molar-refractivity contribution in [3.05, 3.63) is 0 Å². The Morgan fingerprint density at radius 3 is 1.80 bits per heavy atom. The van der Waals surface area contributed by atoms with Crippen LogP contribution >= 0.6 is 0 Å². The summed E-state index contributed by atoms with van der Waals surface area (Å²) in [4.78, 5) is 10.4. The molecule has 0 aliphatic carbocycles. The molecule has 5 heteroatoms. The molecule has 0 aliphatic heterocycles. The van der Waals surface area contributed by atoms with Crippen LogP contribution in [-0.4, -0.2) is 27.6 Å². The van der Waals surface area contributed by atoms with Gasteiger partial charge in [0.25, 0.3) is 10.1 Å². The Morgan fingerprint density at radius 2 is 1.35 bits per heavy atom. The van der Waals surface area contributed by atoms with Gasteiger partial charge in [0.2, 0.25) is 0 Å². The number of hydrogen-bond donors (Lipinski definition) is 0. The second-order valence-electron chi connectivity index (χ2n) is 5.61. The van der Waals surface area contributed by atoms with E-state index < -0.39 is 10.1 Å². The first-order valence-corrected chi connectivity index (χ1v) is 9.57. The predicted octanol–water partition coefficient (Wildman–Crippen LogP) is 3.70. The molecular formula is C15H30O4S. The molecule has 20 heavy (non-hydrogen) atoms. The largest absolute Gasteiger partial charge is 0.303 e. The number of unbranched alkanes of at least 4 members (excludes halogenated alkanes) is 8. The van der Waals surface area contributed by atoms with Gasteiger partial charge < -0.3 is 4.79 Å². The van der Waals surface area contributed by atoms with Crippen molar-refractivity contribution in [3.63, 3.8) is 0 Å². The van der Waals surface area contributed by atoms with Crippen LogP contribution in [0.4, 0.5) is 0 Å². The van der Waals surface area contributed by atoms with E-state index in [1.54, 1.807) is 0 Å². The quantitative estimate of drug-likeness (QED) is 0.279. The lowest BCUT2D eigenvalue weighted by atomic mass is 10.0. The van der Waals surface area contributed by atoms with E-state index in [0.29, 0.717) is 6.61 Å². The van der Waals surface area contributed by atoms with Crippen molar-refractivity contribution in [1.82, 2.24) is 0 Å². The third kappa shape index (κ3) is 15.6. The molecule has 0 rings (SSSR count). The van der Waals surface area contributed by atoms with E-state index in [1.165, 1.54) is 32.1 Å². The van der Waals surface area contributed by atoms with Crippen LogP contribution in [0.3, 0.4) is 0 Å². The maximum absolute atomic E-state index is 10.7. The normalized spacial score (nSPS) is 13.3. The molecule has 0 bridgehead atoms. The van der Waals surface area contributed by atoms with E-state index in [4.69, 9.17) is 0 Å². The molecular weight excluding hydrogens is 276 g/mol. The van der Waals surface area contributed by atoms with E-state index in [2.05, 4.69) is 4.18 Å². The Labute approximate surface area is 124 Å². The highest BCUT2D eigenvalue weighted by Gasteiger charge is 2.00. The van der Waals surface area contributed by atoms with Crippen LogP contribution in [0.1, 0.15) is 71.1 Å². The molecule has 0 amide bonds. The number of carbonyl (C=O) groups is 1. The van der Waals surface area contributed by atoms with Gasteiger partial charge in [0.15, 0.2) is 0 Å². The highest BCUT2D eigenvalue weighted by atomic mass is 32.2. The molecule has 4 nitrogen and oxygen atoms in total. The zero-order chi connectivity index (χ0) is 15.3. The minimum absolute atomic E-state index is 0.212. The van der Waals surface area contributed by atoms with E-state index in [1.807, 2.05) is 6.92 Å². The molecule has 0 saturated heterocycles. The van der Waals surface area contributed by atoms with Gasteiger partial charge in [0.1, 0.15) is 6.29 Å². The van der Waals surface area contributed by atoms with Crippen molar-refractivity contribution in [3.8, 4) is 0 Å². The van der Waals surface area contributed by atoms with Gasteiger partial charge in [-0.15, -0.1) is 0 Å². The number of hydrogen-bond acceptors (Lipinski definition) is 4. The van der Waals surface area contributed by atoms with E-state index >= 15 is 0 Å². The fourth-order valence-corrected chi connectivity index (χ4v) is 2.50. The molecule has 0 fully saturated rings. The van der Waals surface area contributed by atoms with Crippen LogP contribution in [0.15, 0.2) is 0 Å². The van der Waals surface area contributed by atoms with Crippen LogP contribution in [0.25, 0.3) is 0 Å². The Hall–Kier alpha value is -0.420. The topological polar surface area (TPSA) is 60.4 Å². The van der Waals surface area contributed by atoms with E-state index in [-0.39, 0.29) is 5.92 Å². The SMILES string of the molecule is CC(C=O)CCCCCCCCCCCOS(C)(=O)=O. The van der Waals surface area contributed by atoms with Crippen molar-refractivity contribution in [2.75, 3.05) is 12.9 Å². The maximum atomic E-state index is 10.7. The van der Waals surface area contributed by atoms with Gasteiger partial charge in [0, 0.05) is 5.92 Å². The third-order valence-corrected chi connectivity index (χ3v) is 3.93. The molecule has 0 aromatic carbocycles. The van der Waals surface area contributed by atoms with Crippen LogP contribution < -0.4 is 0 Å². The Kier molecular flexibility index (Phi) is 12.1. The molecule has 0 radical (unpaired) electrons. The number of rotatable bonds is 14. The molecule has 0 aliphatic rings. The first-order valence-electron chi connectivity index (χ1n) is 7.75. The summed E-state index contributed by atoms with van der Waals surface area (Å²) in [6, 6.07) is 0. The first kappa shape index (κ1) is 19.6. The molecule has 0 spiro atoms. The maximum Gasteiger partial charge on any atom is 0.264 e. The highest BCUT2D eigenvalue weighted by Crippen LogP contribution is 2.12. The van der Waals surface area contributed by atoms with Gasteiger partial charge in [-0.05, 0) is 12.8 Å². The second-order valence-corrected chi connectivity index (χ2v) is 7.25. The van der Waals surface area contributed by atoms with Crippen molar-refractivity contribution in [1.29, 1.82) is 0 Å². The zero-order valence-electron chi connectivity index (χ0n) is 13.0. The van der Waals surface area contributed by atoms with Gasteiger partial charge in [-0.1, -0.05) is 58.3 Å². The molecule has 0 heterocycles. The summed E-state index contributed by atoms with van der Waals surface area (Å²) in [6.45, 7) is 2.29. The Bertz CT molecular complexity index is 325. The minimum Gasteiger partial charge on any atom is -0.303 e. The van der Waals surface area contributed by atoms with Gasteiger partial charge in [-0.2, -0.15) is 8.42 Å². The van der Waals surface area contributed by atoms with E-state index in [0.717, 1.165) is 44.6 Å². The molecule has 0 aromatic rings. The predicted molar refractivity (Wildman–Crippen MR) is 82.2 cm³/mol. The van der Waals surface area contributed by atoms with Crippen molar-refractivity contribution >= 4 is 16.4 Å². The second kappa shape index (κ2) is 12.3. The van der Waals surface area contributed by atoms with Crippen molar-refractivity contribution < 1.29 is 17.4 Å². The fraction of sp³-hybridized carbons (Fsp3) is 0.933. The number of aldehydes is 1. The Morgan fingerprint density at radius 1 is 0.900 bits per heavy atom. The molecule has 1 unspecified atom stereocenters. The third-order valence-electron chi connectivity index (χ3n) is 3.33. The summed E-state index contributed by atoms with van der Waals surface area (Å²) < 4.78 is 26.1. The summed E-state index contributed by atoms with van der Waals surface area (Å²) >= 11 is 0. The number of carbonyl (C=O) groups excluding carboxylic acids is 1. The van der Waals surface area contributed by atoms with Crippen LogP contribution in [0.5, 0.6) is 0 Å². The first-order chi connectivity index (χ1) is 9.45. The summed E-state index contributed by atoms with van der Waals surface area (Å²) in [6.07, 6.45) is 13.5. The lowest BCUT2D eigenvalue weighted by Gasteiger charge is -2.04. The summed E-state index contributed by atoms with van der Waals surface area (Å²) in [5.74, 6) is 0.212. The molecule has 120 valence electrons. The zero-order valence-corrected chi connectivity index (χ0v) is 13.8. The van der Waals surface area contributed by atoms with E-state index in [9.17, 15) is 13.2 Å². The molecule has 0 N–H and O–H groups in total. The lowest BCUT2D eigenvalue weighted by Crippen LogP contribution is -2.03. The smallest absolute Gasteiger partial charge is 0.264 e. The minimum atomic E-state index is -3.26. The summed E-state index contributed by atoms with van der Waals surface area (Å²) in [7, 11) is -3.26. The fourth-order valence-electron chi connectivity index (χ4n) is 2.08. The standard InChI is InChI=1S/C15H30O4S/c1-15(14-16)12-10-8-6-4-3-5-7-9-11-13-19-20(2,17)18/h14-15H,3-13H2,1-2H3. The monoisotopic (exact) mass is 306 g/mol. The molecule has 1 atom stereocenters. The lowest BCUT2D eigenvalue weighted by molar-refractivity contribution is -0.110. The average molecular weight is 306 g/mol.